The van der Waals surface area contributed by atoms with Crippen molar-refractivity contribution in [3.05, 3.63) is 12.2 Å². The fourth-order valence-electron chi connectivity index (χ4n) is 4.22. The number of carbonyl (C=O) groups is 1. The number of alkyl carbamates (subject to hydrolysis) is 1. The number of nitrogens with one attached hydrogen (secondary N) is 1. The zero-order valence-electron chi connectivity index (χ0n) is 22.9. The van der Waals surface area contributed by atoms with Gasteiger partial charge in [0, 0.05) is 18.5 Å². The molecule has 2 unspecified atom stereocenters. The average molecular weight is 613 g/mol. The zero-order chi connectivity index (χ0) is 27.1. The summed E-state index contributed by atoms with van der Waals surface area (Å²) in [6.45, 7) is 3.15. The molecule has 1 amide bonds. The Kier molecular flexibility index (Phi) is 20.9. The maximum absolute atomic E-state index is 12.1. The van der Waals surface area contributed by atoms with Crippen molar-refractivity contribution < 1.29 is 32.8 Å². The van der Waals surface area contributed by atoms with Gasteiger partial charge in [0.25, 0.3) is 0 Å². The Balaban J connectivity index is 2.00. The van der Waals surface area contributed by atoms with E-state index in [0.29, 0.717) is 24.9 Å². The van der Waals surface area contributed by atoms with Crippen molar-refractivity contribution in [3.8, 4) is 0 Å². The Morgan fingerprint density at radius 1 is 0.973 bits per heavy atom. The van der Waals surface area contributed by atoms with E-state index in [1.165, 1.54) is 77.0 Å². The number of alkyl halides is 1. The molecule has 1 aliphatic rings. The quantitative estimate of drug-likeness (QED) is 0.0496. The minimum atomic E-state index is -4.17. The molecule has 2 N–H and O–H groups in total. The number of phosphoric acid groups is 1. The highest BCUT2D eigenvalue weighted by Crippen LogP contribution is 2.45. The third-order valence-corrected chi connectivity index (χ3v) is 7.72. The third-order valence-electron chi connectivity index (χ3n) is 6.43. The summed E-state index contributed by atoms with van der Waals surface area (Å²) in [4.78, 5) is 21.8. The number of hydrogen-bond donors (Lipinski definition) is 2. The summed E-state index contributed by atoms with van der Waals surface area (Å²) in [5.74, 6) is 0. The minimum absolute atomic E-state index is 0.0370. The van der Waals surface area contributed by atoms with E-state index in [-0.39, 0.29) is 19.8 Å². The minimum Gasteiger partial charge on any atom is -0.446 e. The largest absolute Gasteiger partial charge is 0.472 e. The topological polar surface area (TPSA) is 103 Å². The Hall–Kier alpha value is -0.440. The van der Waals surface area contributed by atoms with Crippen molar-refractivity contribution in [1.82, 2.24) is 5.32 Å². The number of hydrogen-bond acceptors (Lipinski definition) is 6. The Bertz CT molecular complexity index is 644. The lowest BCUT2D eigenvalue weighted by atomic mass is 10.0. The molecule has 0 radical (unpaired) electrons. The van der Waals surface area contributed by atoms with Crippen LogP contribution in [0.25, 0.3) is 0 Å². The van der Waals surface area contributed by atoms with E-state index in [0.717, 1.165) is 19.3 Å². The van der Waals surface area contributed by atoms with Crippen LogP contribution in [0.4, 0.5) is 4.79 Å². The standard InChI is InChI=1S/C27H51BrNO7P/c1-2-3-4-5-6-7-8-9-10-11-12-13-14-15-16-17-21-29-26(30)33-24-27(19-18-22-34-27)25-36-37(31,32)35-23-20-28/h9-10H,2-8,11-25H2,1H3,(H,29,30)(H,31,32). The number of halogens is 1. The van der Waals surface area contributed by atoms with Crippen molar-refractivity contribution in [2.75, 3.05) is 38.3 Å². The van der Waals surface area contributed by atoms with Crippen LogP contribution in [-0.4, -0.2) is 54.9 Å². The molecule has 218 valence electrons. The van der Waals surface area contributed by atoms with Gasteiger partial charge in [-0.05, 0) is 44.9 Å². The molecule has 37 heavy (non-hydrogen) atoms. The molecule has 0 spiro atoms. The van der Waals surface area contributed by atoms with Crippen LogP contribution in [-0.2, 0) is 23.1 Å². The maximum atomic E-state index is 12.1. The SMILES string of the molecule is CCCCCCCCC=CCCCCCCCCNC(=O)OCC1(COP(=O)(O)OCCBr)CCCO1. The van der Waals surface area contributed by atoms with Crippen LogP contribution in [0.15, 0.2) is 12.2 Å². The van der Waals surface area contributed by atoms with Crippen molar-refractivity contribution in [1.29, 1.82) is 0 Å². The van der Waals surface area contributed by atoms with Gasteiger partial charge in [0.05, 0.1) is 13.2 Å². The molecule has 1 heterocycles. The summed E-state index contributed by atoms with van der Waals surface area (Å²) in [6.07, 6.45) is 23.0. The summed E-state index contributed by atoms with van der Waals surface area (Å²) in [7, 11) is -4.17. The first kappa shape index (κ1) is 34.6. The first-order chi connectivity index (χ1) is 17.9. The van der Waals surface area contributed by atoms with Gasteiger partial charge in [0.15, 0.2) is 0 Å². The molecule has 10 heteroatoms. The molecule has 1 aliphatic heterocycles. The number of phosphoric ester groups is 1. The van der Waals surface area contributed by atoms with Gasteiger partial charge in [-0.2, -0.15) is 0 Å². The van der Waals surface area contributed by atoms with Crippen molar-refractivity contribution >= 4 is 29.8 Å². The van der Waals surface area contributed by atoms with E-state index < -0.39 is 19.5 Å². The van der Waals surface area contributed by atoms with E-state index in [9.17, 15) is 14.3 Å². The van der Waals surface area contributed by atoms with E-state index >= 15 is 0 Å². The van der Waals surface area contributed by atoms with Crippen LogP contribution in [0.2, 0.25) is 0 Å². The van der Waals surface area contributed by atoms with Crippen molar-refractivity contribution in [2.45, 2.75) is 115 Å². The third kappa shape index (κ3) is 19.3. The lowest BCUT2D eigenvalue weighted by Crippen LogP contribution is -2.41. The monoisotopic (exact) mass is 611 g/mol. The van der Waals surface area contributed by atoms with Gasteiger partial charge < -0.3 is 19.7 Å². The molecule has 2 atom stereocenters. The Morgan fingerprint density at radius 2 is 1.59 bits per heavy atom. The second-order valence-corrected chi connectivity index (χ2v) is 12.1. The summed E-state index contributed by atoms with van der Waals surface area (Å²) >= 11 is 3.13. The number of unbranched alkanes of at least 4 members (excludes halogenated alkanes) is 12. The van der Waals surface area contributed by atoms with Gasteiger partial charge in [0.2, 0.25) is 0 Å². The van der Waals surface area contributed by atoms with Gasteiger partial charge in [0.1, 0.15) is 12.2 Å². The maximum Gasteiger partial charge on any atom is 0.472 e. The van der Waals surface area contributed by atoms with Crippen LogP contribution in [0.1, 0.15) is 110 Å². The van der Waals surface area contributed by atoms with E-state index in [2.05, 4.69) is 40.3 Å². The van der Waals surface area contributed by atoms with Gasteiger partial charge >= 0.3 is 13.9 Å². The van der Waals surface area contributed by atoms with Gasteiger partial charge in [-0.1, -0.05) is 92.8 Å². The van der Waals surface area contributed by atoms with Gasteiger partial charge in [-0.3, -0.25) is 9.05 Å². The average Bonchev–Trinajstić information content (AvgIpc) is 3.36. The molecule has 8 nitrogen and oxygen atoms in total. The Labute approximate surface area is 233 Å². The fraction of sp³-hybridized carbons (Fsp3) is 0.889. The predicted molar refractivity (Wildman–Crippen MR) is 152 cm³/mol. The molecule has 0 aliphatic carbocycles. The zero-order valence-corrected chi connectivity index (χ0v) is 25.4. The number of rotatable bonds is 24. The van der Waals surface area contributed by atoms with Crippen LogP contribution < -0.4 is 5.32 Å². The second kappa shape index (κ2) is 22.4. The number of carbonyl (C=O) groups excluding carboxylic acids is 1. The number of allylic oxidation sites excluding steroid dienone is 2. The lowest BCUT2D eigenvalue weighted by Gasteiger charge is -2.28. The summed E-state index contributed by atoms with van der Waals surface area (Å²) in [5, 5.41) is 3.19. The number of amides is 1. The molecular weight excluding hydrogens is 561 g/mol. The molecule has 0 aromatic rings. The highest BCUT2D eigenvalue weighted by molar-refractivity contribution is 9.09. The molecule has 1 fully saturated rings. The van der Waals surface area contributed by atoms with Crippen LogP contribution in [0, 0.1) is 0 Å². The highest BCUT2D eigenvalue weighted by Gasteiger charge is 2.40. The molecule has 0 aromatic carbocycles. The van der Waals surface area contributed by atoms with Crippen LogP contribution >= 0.6 is 23.8 Å². The second-order valence-electron chi connectivity index (χ2n) is 9.84. The first-order valence-electron chi connectivity index (χ1n) is 14.3. The van der Waals surface area contributed by atoms with Gasteiger partial charge in [-0.25, -0.2) is 9.36 Å². The smallest absolute Gasteiger partial charge is 0.446 e. The molecule has 0 bridgehead atoms. The van der Waals surface area contributed by atoms with Gasteiger partial charge in [-0.15, -0.1) is 0 Å². The molecule has 0 saturated carbocycles. The summed E-state index contributed by atoms with van der Waals surface area (Å²) in [5.41, 5.74) is -0.920. The fourth-order valence-corrected chi connectivity index (χ4v) is 5.43. The molecule has 0 aromatic heterocycles. The van der Waals surface area contributed by atoms with E-state index in [4.69, 9.17) is 18.5 Å². The van der Waals surface area contributed by atoms with E-state index in [1.807, 2.05) is 0 Å². The van der Waals surface area contributed by atoms with Crippen molar-refractivity contribution in [2.24, 2.45) is 0 Å². The van der Waals surface area contributed by atoms with Crippen molar-refractivity contribution in [3.63, 3.8) is 0 Å². The number of ether oxygens (including phenoxy) is 2. The first-order valence-corrected chi connectivity index (χ1v) is 16.9. The lowest BCUT2D eigenvalue weighted by molar-refractivity contribution is -0.0740. The van der Waals surface area contributed by atoms with Crippen LogP contribution in [0.3, 0.4) is 0 Å². The summed E-state index contributed by atoms with van der Waals surface area (Å²) < 4.78 is 32.8. The molecule has 1 saturated heterocycles. The Morgan fingerprint density at radius 3 is 2.19 bits per heavy atom. The van der Waals surface area contributed by atoms with E-state index in [1.54, 1.807) is 0 Å². The highest BCUT2D eigenvalue weighted by atomic mass is 79.9. The molecular formula is C27H51BrNO7P. The predicted octanol–water partition coefficient (Wildman–Crippen LogP) is 7.83. The summed E-state index contributed by atoms with van der Waals surface area (Å²) in [6, 6.07) is 0. The molecule has 1 rings (SSSR count). The normalized spacial score (nSPS) is 19.3. The van der Waals surface area contributed by atoms with Crippen LogP contribution in [0.5, 0.6) is 0 Å².